The van der Waals surface area contributed by atoms with Crippen molar-refractivity contribution in [2.75, 3.05) is 32.6 Å². The monoisotopic (exact) mass is 300 g/mol. The summed E-state index contributed by atoms with van der Waals surface area (Å²) >= 11 is 0. The van der Waals surface area contributed by atoms with Gasteiger partial charge in [0.15, 0.2) is 0 Å². The van der Waals surface area contributed by atoms with Crippen LogP contribution in [0.15, 0.2) is 54.6 Å². The molecule has 0 amide bonds. The minimum absolute atomic E-state index is 0.301. The third kappa shape index (κ3) is 5.76. The fourth-order valence-corrected chi connectivity index (χ4v) is 2.14. The van der Waals surface area contributed by atoms with Crippen molar-refractivity contribution >= 4 is 5.69 Å². The van der Waals surface area contributed by atoms with Crippen LogP contribution in [0.2, 0.25) is 0 Å². The molecule has 0 heterocycles. The lowest BCUT2D eigenvalue weighted by atomic mass is 10.2. The molecule has 2 aromatic rings. The van der Waals surface area contributed by atoms with Crippen LogP contribution >= 0.6 is 0 Å². The summed E-state index contributed by atoms with van der Waals surface area (Å²) in [5, 5.41) is 13.1. The molecular weight excluding hydrogens is 276 g/mol. The molecule has 0 aliphatic heterocycles. The topological polar surface area (TPSA) is 44.7 Å². The van der Waals surface area contributed by atoms with Crippen molar-refractivity contribution in [2.45, 2.75) is 12.6 Å². The predicted octanol–water partition coefficient (Wildman–Crippen LogP) is 2.60. The van der Waals surface area contributed by atoms with Gasteiger partial charge in [-0.15, -0.1) is 0 Å². The first-order valence-electron chi connectivity index (χ1n) is 7.47. The molecule has 0 aliphatic carbocycles. The molecule has 0 bridgehead atoms. The normalized spacial score (nSPS) is 12.2. The molecule has 0 aliphatic rings. The fourth-order valence-electron chi connectivity index (χ4n) is 2.14. The average Bonchev–Trinajstić information content (AvgIpc) is 2.52. The molecule has 1 unspecified atom stereocenters. The lowest BCUT2D eigenvalue weighted by Crippen LogP contribution is -2.30. The molecule has 0 saturated heterocycles. The summed E-state index contributed by atoms with van der Waals surface area (Å²) in [6.45, 7) is 1.69. The molecule has 1 atom stereocenters. The van der Waals surface area contributed by atoms with Gasteiger partial charge in [0, 0.05) is 18.8 Å². The highest BCUT2D eigenvalue weighted by molar-refractivity contribution is 5.46. The van der Waals surface area contributed by atoms with E-state index < -0.39 is 6.10 Å². The van der Waals surface area contributed by atoms with Crippen molar-refractivity contribution in [3.05, 3.63) is 60.2 Å². The molecule has 0 radical (unpaired) electrons. The van der Waals surface area contributed by atoms with E-state index in [-0.39, 0.29) is 0 Å². The summed E-state index contributed by atoms with van der Waals surface area (Å²) in [7, 11) is 3.85. The third-order valence-corrected chi connectivity index (χ3v) is 3.21. The van der Waals surface area contributed by atoms with E-state index in [2.05, 4.69) is 17.4 Å². The number of hydrogen-bond donors (Lipinski definition) is 2. The Hall–Kier alpha value is -2.04. The Labute approximate surface area is 132 Å². The number of anilines is 1. The van der Waals surface area contributed by atoms with Gasteiger partial charge in [0.25, 0.3) is 0 Å². The summed E-state index contributed by atoms with van der Waals surface area (Å²) < 4.78 is 5.58. The fraction of sp³-hybridized carbons (Fsp3) is 0.333. The minimum atomic E-state index is -0.481. The number of nitrogens with zero attached hydrogens (tertiary/aromatic N) is 1. The second kappa shape index (κ2) is 8.41. The van der Waals surface area contributed by atoms with Gasteiger partial charge in [0.05, 0.1) is 0 Å². The Morgan fingerprint density at radius 2 is 1.73 bits per heavy atom. The first-order chi connectivity index (χ1) is 10.6. The molecule has 0 fully saturated rings. The van der Waals surface area contributed by atoms with Gasteiger partial charge in [0.2, 0.25) is 0 Å². The molecular formula is C18H24N2O2. The van der Waals surface area contributed by atoms with E-state index in [1.165, 1.54) is 5.56 Å². The van der Waals surface area contributed by atoms with Crippen molar-refractivity contribution in [1.82, 2.24) is 4.90 Å². The molecule has 2 N–H and O–H groups in total. The van der Waals surface area contributed by atoms with E-state index in [9.17, 15) is 5.11 Å². The van der Waals surface area contributed by atoms with Crippen LogP contribution in [0.4, 0.5) is 5.69 Å². The highest BCUT2D eigenvalue weighted by Gasteiger charge is 2.06. The van der Waals surface area contributed by atoms with E-state index in [0.717, 1.165) is 18.0 Å². The largest absolute Gasteiger partial charge is 0.491 e. The highest BCUT2D eigenvalue weighted by Crippen LogP contribution is 2.16. The first kappa shape index (κ1) is 16.3. The molecule has 4 heteroatoms. The van der Waals surface area contributed by atoms with Gasteiger partial charge in [-0.25, -0.2) is 0 Å². The van der Waals surface area contributed by atoms with Crippen LogP contribution in [0.3, 0.4) is 0 Å². The van der Waals surface area contributed by atoms with Crippen molar-refractivity contribution < 1.29 is 9.84 Å². The van der Waals surface area contributed by atoms with E-state index in [1.807, 2.05) is 61.5 Å². The Morgan fingerprint density at radius 1 is 1.05 bits per heavy atom. The van der Waals surface area contributed by atoms with Crippen LogP contribution in [0.25, 0.3) is 0 Å². The summed E-state index contributed by atoms with van der Waals surface area (Å²) in [6, 6.07) is 18.1. The molecule has 2 rings (SSSR count). The Balaban J connectivity index is 1.78. The van der Waals surface area contributed by atoms with Crippen molar-refractivity contribution in [2.24, 2.45) is 0 Å². The lowest BCUT2D eigenvalue weighted by Gasteiger charge is -2.16. The maximum Gasteiger partial charge on any atom is 0.119 e. The zero-order valence-electron chi connectivity index (χ0n) is 13.2. The Bertz CT molecular complexity index is 541. The van der Waals surface area contributed by atoms with Crippen LogP contribution in [0.1, 0.15) is 5.56 Å². The minimum Gasteiger partial charge on any atom is -0.491 e. The van der Waals surface area contributed by atoms with Crippen LogP contribution in [-0.2, 0) is 6.54 Å². The zero-order chi connectivity index (χ0) is 15.8. The van der Waals surface area contributed by atoms with E-state index in [4.69, 9.17) is 4.74 Å². The number of nitrogens with one attached hydrogen (secondary N) is 1. The average molecular weight is 300 g/mol. The van der Waals surface area contributed by atoms with Crippen molar-refractivity contribution in [3.8, 4) is 5.75 Å². The quantitative estimate of drug-likeness (QED) is 0.786. The lowest BCUT2D eigenvalue weighted by molar-refractivity contribution is 0.0831. The van der Waals surface area contributed by atoms with Gasteiger partial charge in [0.1, 0.15) is 18.5 Å². The van der Waals surface area contributed by atoms with Crippen LogP contribution in [0.5, 0.6) is 5.75 Å². The van der Waals surface area contributed by atoms with E-state index >= 15 is 0 Å². The summed E-state index contributed by atoms with van der Waals surface area (Å²) in [5.41, 5.74) is 2.29. The number of ether oxygens (including phenoxy) is 1. The molecule has 0 spiro atoms. The first-order valence-corrected chi connectivity index (χ1v) is 7.47. The second-order valence-electron chi connectivity index (χ2n) is 5.59. The Kier molecular flexibility index (Phi) is 6.25. The maximum atomic E-state index is 9.77. The molecule has 4 nitrogen and oxygen atoms in total. The van der Waals surface area contributed by atoms with Gasteiger partial charge in [-0.2, -0.15) is 0 Å². The Morgan fingerprint density at radius 3 is 2.36 bits per heavy atom. The van der Waals surface area contributed by atoms with Crippen LogP contribution in [-0.4, -0.2) is 43.4 Å². The molecule has 0 saturated carbocycles. The predicted molar refractivity (Wildman–Crippen MR) is 90.3 cm³/mol. The maximum absolute atomic E-state index is 9.77. The summed E-state index contributed by atoms with van der Waals surface area (Å²) in [6.07, 6.45) is -0.481. The van der Waals surface area contributed by atoms with Crippen LogP contribution in [0, 0.1) is 0 Å². The highest BCUT2D eigenvalue weighted by atomic mass is 16.5. The SMILES string of the molecule is CN(C)CC(O)COc1ccc(NCc2ccccc2)cc1. The van der Waals surface area contributed by atoms with Gasteiger partial charge in [-0.1, -0.05) is 30.3 Å². The van der Waals surface area contributed by atoms with Gasteiger partial charge in [-0.3, -0.25) is 0 Å². The number of rotatable bonds is 8. The number of aliphatic hydroxyl groups is 1. The number of likely N-dealkylation sites (N-methyl/N-ethyl adjacent to an activating group) is 1. The van der Waals surface area contributed by atoms with Gasteiger partial charge in [-0.05, 0) is 43.9 Å². The second-order valence-corrected chi connectivity index (χ2v) is 5.59. The van der Waals surface area contributed by atoms with Crippen LogP contribution < -0.4 is 10.1 Å². The van der Waals surface area contributed by atoms with Gasteiger partial charge < -0.3 is 20.1 Å². The van der Waals surface area contributed by atoms with E-state index in [0.29, 0.717) is 13.2 Å². The summed E-state index contributed by atoms with van der Waals surface area (Å²) in [4.78, 5) is 1.94. The molecule has 118 valence electrons. The number of benzene rings is 2. The molecule has 0 aromatic heterocycles. The third-order valence-electron chi connectivity index (χ3n) is 3.21. The smallest absolute Gasteiger partial charge is 0.119 e. The van der Waals surface area contributed by atoms with Crippen molar-refractivity contribution in [3.63, 3.8) is 0 Å². The molecule has 22 heavy (non-hydrogen) atoms. The summed E-state index contributed by atoms with van der Waals surface area (Å²) in [5.74, 6) is 0.767. The van der Waals surface area contributed by atoms with Gasteiger partial charge >= 0.3 is 0 Å². The van der Waals surface area contributed by atoms with Crippen molar-refractivity contribution in [1.29, 1.82) is 0 Å². The zero-order valence-corrected chi connectivity index (χ0v) is 13.2. The molecule has 2 aromatic carbocycles. The number of aliphatic hydroxyl groups excluding tert-OH is 1. The number of hydrogen-bond acceptors (Lipinski definition) is 4. The van der Waals surface area contributed by atoms with E-state index in [1.54, 1.807) is 0 Å². The standard InChI is InChI=1S/C18H24N2O2/c1-20(2)13-17(21)14-22-18-10-8-16(9-11-18)19-12-15-6-4-3-5-7-15/h3-11,17,19,21H,12-14H2,1-2H3.